The largest absolute Gasteiger partial charge is 0.478 e. The van der Waals surface area contributed by atoms with Crippen LogP contribution in [0.5, 0.6) is 0 Å². The van der Waals surface area contributed by atoms with Crippen molar-refractivity contribution in [1.82, 2.24) is 4.98 Å². The minimum atomic E-state index is -0.879. The first-order valence-electron chi connectivity index (χ1n) is 7.26. The van der Waals surface area contributed by atoms with Gasteiger partial charge in [0.25, 0.3) is 0 Å². The molecule has 0 aliphatic rings. The molecule has 4 rings (SSSR count). The van der Waals surface area contributed by atoms with Gasteiger partial charge in [-0.1, -0.05) is 60.7 Å². The molecule has 0 unspecified atom stereocenters. The van der Waals surface area contributed by atoms with Crippen LogP contribution < -0.4 is 0 Å². The fourth-order valence-corrected chi connectivity index (χ4v) is 2.40. The number of carboxylic acids is 1. The lowest BCUT2D eigenvalue weighted by atomic mass is 10.1. The van der Waals surface area contributed by atoms with Crippen LogP contribution in [0.25, 0.3) is 21.7 Å². The third-order valence-electron chi connectivity index (χ3n) is 3.52. The highest BCUT2D eigenvalue weighted by Gasteiger charge is 1.98. The summed E-state index contributed by atoms with van der Waals surface area (Å²) in [6.07, 6.45) is 1.84. The van der Waals surface area contributed by atoms with E-state index >= 15 is 0 Å². The van der Waals surface area contributed by atoms with E-state index in [0.717, 1.165) is 5.52 Å². The highest BCUT2D eigenvalue weighted by Crippen LogP contribution is 2.22. The third kappa shape index (κ3) is 3.35. The van der Waals surface area contributed by atoms with Crippen LogP contribution in [0.3, 0.4) is 0 Å². The van der Waals surface area contributed by atoms with Crippen LogP contribution in [0.2, 0.25) is 0 Å². The second kappa shape index (κ2) is 6.71. The topological polar surface area (TPSA) is 50.2 Å². The summed E-state index contributed by atoms with van der Waals surface area (Å²) in [5.74, 6) is -0.879. The number of hydrogen-bond acceptors (Lipinski definition) is 2. The van der Waals surface area contributed by atoms with Gasteiger partial charge in [0.1, 0.15) is 0 Å². The van der Waals surface area contributed by atoms with Crippen molar-refractivity contribution in [3.63, 3.8) is 0 Å². The van der Waals surface area contributed by atoms with Crippen LogP contribution in [-0.4, -0.2) is 16.1 Å². The van der Waals surface area contributed by atoms with Crippen LogP contribution in [0.1, 0.15) is 10.4 Å². The number of carboxylic acid groups (broad SMARTS) is 1. The van der Waals surface area contributed by atoms with Crippen molar-refractivity contribution < 1.29 is 9.90 Å². The number of benzene rings is 3. The summed E-state index contributed by atoms with van der Waals surface area (Å²) in [6.45, 7) is 0. The second-order valence-electron chi connectivity index (χ2n) is 5.03. The molecule has 3 aromatic carbocycles. The highest BCUT2D eigenvalue weighted by atomic mass is 16.4. The number of aromatic carboxylic acids is 1. The van der Waals surface area contributed by atoms with Gasteiger partial charge in [-0.2, -0.15) is 0 Å². The number of rotatable bonds is 1. The summed E-state index contributed by atoms with van der Waals surface area (Å²) < 4.78 is 0. The Morgan fingerprint density at radius 1 is 0.739 bits per heavy atom. The lowest BCUT2D eigenvalue weighted by Crippen LogP contribution is -1.93. The minimum absolute atomic E-state index is 0.331. The SMILES string of the molecule is O=C(O)c1ccccc1.c1ccc2c(c1)ccc1cccnc12. The van der Waals surface area contributed by atoms with Crippen molar-refractivity contribution in [2.24, 2.45) is 0 Å². The molecule has 0 spiro atoms. The summed E-state index contributed by atoms with van der Waals surface area (Å²) in [5.41, 5.74) is 1.42. The average Bonchev–Trinajstić information content (AvgIpc) is 2.63. The fourth-order valence-electron chi connectivity index (χ4n) is 2.40. The Morgan fingerprint density at radius 2 is 1.39 bits per heavy atom. The maximum atomic E-state index is 10.2. The molecule has 3 heteroatoms. The molecular weight excluding hydrogens is 286 g/mol. The van der Waals surface area contributed by atoms with Gasteiger partial charge >= 0.3 is 5.97 Å². The molecule has 4 aromatic rings. The summed E-state index contributed by atoms with van der Waals surface area (Å²) in [5, 5.41) is 12.1. The molecule has 0 aliphatic carbocycles. The molecule has 0 saturated heterocycles. The molecular formula is C20H15NO2. The van der Waals surface area contributed by atoms with E-state index in [4.69, 9.17) is 5.11 Å². The number of carbonyl (C=O) groups is 1. The Hall–Kier alpha value is -3.20. The van der Waals surface area contributed by atoms with Crippen molar-refractivity contribution in [3.8, 4) is 0 Å². The summed E-state index contributed by atoms with van der Waals surface area (Å²) in [4.78, 5) is 14.6. The minimum Gasteiger partial charge on any atom is -0.478 e. The van der Waals surface area contributed by atoms with E-state index in [1.165, 1.54) is 16.2 Å². The molecule has 1 aromatic heterocycles. The quantitative estimate of drug-likeness (QED) is 0.515. The number of fused-ring (bicyclic) bond motifs is 3. The monoisotopic (exact) mass is 301 g/mol. The van der Waals surface area contributed by atoms with Crippen LogP contribution in [0.15, 0.2) is 85.1 Å². The van der Waals surface area contributed by atoms with E-state index in [0.29, 0.717) is 5.56 Å². The van der Waals surface area contributed by atoms with Gasteiger partial charge in [0.15, 0.2) is 0 Å². The number of nitrogens with zero attached hydrogens (tertiary/aromatic N) is 1. The van der Waals surface area contributed by atoms with Crippen LogP contribution in [0.4, 0.5) is 0 Å². The molecule has 0 atom stereocenters. The third-order valence-corrected chi connectivity index (χ3v) is 3.52. The van der Waals surface area contributed by atoms with Crippen molar-refractivity contribution in [2.45, 2.75) is 0 Å². The van der Waals surface area contributed by atoms with Crippen molar-refractivity contribution in [3.05, 3.63) is 90.6 Å². The summed E-state index contributed by atoms with van der Waals surface area (Å²) in [6, 6.07) is 24.9. The molecule has 0 fully saturated rings. The van der Waals surface area contributed by atoms with Crippen molar-refractivity contribution in [2.75, 3.05) is 0 Å². The molecule has 3 nitrogen and oxygen atoms in total. The standard InChI is InChI=1S/C13H9N.C7H6O2/c1-2-6-12-10(4-1)7-8-11-5-3-9-14-13(11)12;8-7(9)6-4-2-1-3-5-6/h1-9H;1-5H,(H,8,9). The van der Waals surface area contributed by atoms with Crippen LogP contribution >= 0.6 is 0 Å². The van der Waals surface area contributed by atoms with Gasteiger partial charge in [-0.25, -0.2) is 4.79 Å². The molecule has 1 N–H and O–H groups in total. The molecule has 112 valence electrons. The maximum Gasteiger partial charge on any atom is 0.335 e. The highest BCUT2D eigenvalue weighted by molar-refractivity contribution is 6.04. The van der Waals surface area contributed by atoms with Gasteiger partial charge in [-0.05, 0) is 23.6 Å². The Morgan fingerprint density at radius 3 is 2.13 bits per heavy atom. The predicted molar refractivity (Wildman–Crippen MR) is 92.7 cm³/mol. The normalized spacial score (nSPS) is 10.1. The molecule has 0 aliphatic heterocycles. The van der Waals surface area contributed by atoms with Crippen molar-refractivity contribution in [1.29, 1.82) is 0 Å². The number of hydrogen-bond donors (Lipinski definition) is 1. The molecule has 0 bridgehead atoms. The smallest absolute Gasteiger partial charge is 0.335 e. The van der Waals surface area contributed by atoms with E-state index < -0.39 is 5.97 Å². The predicted octanol–water partition coefficient (Wildman–Crippen LogP) is 4.77. The van der Waals surface area contributed by atoms with E-state index in [9.17, 15) is 4.79 Å². The van der Waals surface area contributed by atoms with Gasteiger partial charge in [0, 0.05) is 17.0 Å². The Kier molecular flexibility index (Phi) is 4.29. The molecule has 1 heterocycles. The zero-order chi connectivity index (χ0) is 16.1. The molecule has 23 heavy (non-hydrogen) atoms. The zero-order valence-corrected chi connectivity index (χ0v) is 12.4. The van der Waals surface area contributed by atoms with Crippen molar-refractivity contribution >= 4 is 27.6 Å². The van der Waals surface area contributed by atoms with E-state index in [-0.39, 0.29) is 0 Å². The van der Waals surface area contributed by atoms with Gasteiger partial charge in [0.05, 0.1) is 11.1 Å². The van der Waals surface area contributed by atoms with Gasteiger partial charge < -0.3 is 5.11 Å². The molecule has 0 amide bonds. The van der Waals surface area contributed by atoms with Gasteiger partial charge in [-0.15, -0.1) is 0 Å². The lowest BCUT2D eigenvalue weighted by molar-refractivity contribution is 0.0697. The van der Waals surface area contributed by atoms with E-state index in [1.807, 2.05) is 12.3 Å². The fraction of sp³-hybridized carbons (Fsp3) is 0. The first-order chi connectivity index (χ1) is 11.3. The summed E-state index contributed by atoms with van der Waals surface area (Å²) >= 11 is 0. The Labute approximate surface area is 133 Å². The number of pyridine rings is 1. The van der Waals surface area contributed by atoms with E-state index in [2.05, 4.69) is 47.4 Å². The maximum absolute atomic E-state index is 10.2. The second-order valence-corrected chi connectivity index (χ2v) is 5.03. The van der Waals surface area contributed by atoms with Crippen LogP contribution in [-0.2, 0) is 0 Å². The lowest BCUT2D eigenvalue weighted by Gasteiger charge is -2.01. The van der Waals surface area contributed by atoms with E-state index in [1.54, 1.807) is 30.3 Å². The number of aromatic nitrogens is 1. The van der Waals surface area contributed by atoms with Gasteiger partial charge in [-0.3, -0.25) is 4.98 Å². The zero-order valence-electron chi connectivity index (χ0n) is 12.4. The Balaban J connectivity index is 0.000000151. The summed E-state index contributed by atoms with van der Waals surface area (Å²) in [7, 11) is 0. The average molecular weight is 301 g/mol. The first kappa shape index (κ1) is 14.7. The van der Waals surface area contributed by atoms with Crippen LogP contribution in [0, 0.1) is 0 Å². The first-order valence-corrected chi connectivity index (χ1v) is 7.26. The van der Waals surface area contributed by atoms with Gasteiger partial charge in [0.2, 0.25) is 0 Å². The molecule has 0 saturated carbocycles. The Bertz CT molecular complexity index is 894. The molecule has 0 radical (unpaired) electrons.